The number of benzene rings is 7. The van der Waals surface area contributed by atoms with Gasteiger partial charge >= 0.3 is 0 Å². The molecule has 1 unspecified atom stereocenters. The predicted octanol–water partition coefficient (Wildman–Crippen LogP) is 10.1. The van der Waals surface area contributed by atoms with E-state index in [1.807, 2.05) is 0 Å². The molecule has 0 bridgehead atoms. The Bertz CT molecular complexity index is 2040. The van der Waals surface area contributed by atoms with Gasteiger partial charge in [-0.15, -0.1) is 0 Å². The standard InChI is InChI=1S/C37H24/c1-2-11-27-21-29-23-37(34-18-16-25-9-4-6-13-31(25)34)36(22-28(29)20-26(27)10-1)33-15-7-14-32-30-12-5-3-8-24(30)17-19-35(32)33/h1-23,34H. The third-order valence-electron chi connectivity index (χ3n) is 8.08. The summed E-state index contributed by atoms with van der Waals surface area (Å²) in [7, 11) is 0. The molecule has 0 heterocycles. The summed E-state index contributed by atoms with van der Waals surface area (Å²) in [5, 5.41) is 10.3. The Morgan fingerprint density at radius 3 is 1.95 bits per heavy atom. The smallest absolute Gasteiger partial charge is 0.0285 e. The molecular weight excluding hydrogens is 444 g/mol. The van der Waals surface area contributed by atoms with E-state index in [1.54, 1.807) is 0 Å². The molecule has 7 aromatic carbocycles. The maximum atomic E-state index is 2.44. The molecular formula is C37H24. The fourth-order valence-electron chi connectivity index (χ4n) is 6.30. The molecule has 0 saturated carbocycles. The quantitative estimate of drug-likeness (QED) is 0.175. The molecule has 0 fully saturated rings. The van der Waals surface area contributed by atoms with Crippen LogP contribution in [0.3, 0.4) is 0 Å². The first-order chi connectivity index (χ1) is 18.3. The van der Waals surface area contributed by atoms with Crippen LogP contribution in [0.15, 0.2) is 133 Å². The maximum absolute atomic E-state index is 2.44. The molecule has 8 rings (SSSR count). The normalized spacial score (nSPS) is 14.6. The summed E-state index contributed by atoms with van der Waals surface area (Å²) in [6.07, 6.45) is 4.65. The topological polar surface area (TPSA) is 0 Å². The van der Waals surface area contributed by atoms with Gasteiger partial charge in [0, 0.05) is 5.92 Å². The molecule has 7 aromatic rings. The van der Waals surface area contributed by atoms with Crippen molar-refractivity contribution in [2.75, 3.05) is 0 Å². The zero-order valence-corrected chi connectivity index (χ0v) is 20.4. The van der Waals surface area contributed by atoms with Crippen LogP contribution in [0.4, 0.5) is 0 Å². The average Bonchev–Trinajstić information content (AvgIpc) is 3.39. The molecule has 0 saturated heterocycles. The third kappa shape index (κ3) is 3.16. The van der Waals surface area contributed by atoms with E-state index in [1.165, 1.54) is 70.9 Å². The molecule has 0 aliphatic heterocycles. The van der Waals surface area contributed by atoms with Gasteiger partial charge < -0.3 is 0 Å². The Hall–Kier alpha value is -4.68. The van der Waals surface area contributed by atoms with Crippen molar-refractivity contribution in [2.45, 2.75) is 5.92 Å². The molecule has 1 aliphatic carbocycles. The Balaban J connectivity index is 1.47. The summed E-state index contributed by atoms with van der Waals surface area (Å²) in [4.78, 5) is 0. The molecule has 0 radical (unpaired) electrons. The van der Waals surface area contributed by atoms with E-state index >= 15 is 0 Å². The van der Waals surface area contributed by atoms with E-state index in [2.05, 4.69) is 140 Å². The van der Waals surface area contributed by atoms with E-state index < -0.39 is 0 Å². The van der Waals surface area contributed by atoms with Gasteiger partial charge in [-0.05, 0) is 95.2 Å². The zero-order chi connectivity index (χ0) is 24.3. The van der Waals surface area contributed by atoms with Crippen molar-refractivity contribution in [3.05, 3.63) is 150 Å². The fourth-order valence-corrected chi connectivity index (χ4v) is 6.30. The lowest BCUT2D eigenvalue weighted by Crippen LogP contribution is -2.00. The van der Waals surface area contributed by atoms with Crippen LogP contribution in [0.1, 0.15) is 22.6 Å². The third-order valence-corrected chi connectivity index (χ3v) is 8.08. The number of rotatable bonds is 2. The number of fused-ring (bicyclic) bond motifs is 6. The van der Waals surface area contributed by atoms with Gasteiger partial charge in [-0.3, -0.25) is 0 Å². The largest absolute Gasteiger partial charge is 0.0720 e. The highest BCUT2D eigenvalue weighted by atomic mass is 14.3. The first-order valence-electron chi connectivity index (χ1n) is 13.0. The minimum Gasteiger partial charge on any atom is -0.0720 e. The number of hydrogen-bond donors (Lipinski definition) is 0. The molecule has 1 atom stereocenters. The highest BCUT2D eigenvalue weighted by Gasteiger charge is 2.23. The molecule has 1 aliphatic rings. The Kier molecular flexibility index (Phi) is 4.39. The van der Waals surface area contributed by atoms with Crippen molar-refractivity contribution < 1.29 is 0 Å². The van der Waals surface area contributed by atoms with Crippen LogP contribution in [0, 0.1) is 0 Å². The first kappa shape index (κ1) is 20.5. The van der Waals surface area contributed by atoms with Crippen molar-refractivity contribution in [1.82, 2.24) is 0 Å². The summed E-state index contributed by atoms with van der Waals surface area (Å²) >= 11 is 0. The molecule has 0 amide bonds. The van der Waals surface area contributed by atoms with Crippen LogP contribution >= 0.6 is 0 Å². The van der Waals surface area contributed by atoms with Gasteiger partial charge in [-0.2, -0.15) is 0 Å². The van der Waals surface area contributed by atoms with Crippen molar-refractivity contribution in [3.63, 3.8) is 0 Å². The second-order valence-corrected chi connectivity index (χ2v) is 10.1. The first-order valence-corrected chi connectivity index (χ1v) is 13.0. The van der Waals surface area contributed by atoms with E-state index in [0.29, 0.717) is 0 Å². The maximum Gasteiger partial charge on any atom is 0.0285 e. The number of allylic oxidation sites excluding steroid dienone is 1. The lowest BCUT2D eigenvalue weighted by Gasteiger charge is -2.20. The monoisotopic (exact) mass is 468 g/mol. The fraction of sp³-hybridized carbons (Fsp3) is 0.0270. The van der Waals surface area contributed by atoms with E-state index in [9.17, 15) is 0 Å². The second-order valence-electron chi connectivity index (χ2n) is 10.1. The van der Waals surface area contributed by atoms with Crippen molar-refractivity contribution in [1.29, 1.82) is 0 Å². The van der Waals surface area contributed by atoms with Gasteiger partial charge in [0.1, 0.15) is 0 Å². The van der Waals surface area contributed by atoms with Crippen LogP contribution in [0.5, 0.6) is 0 Å². The molecule has 0 aromatic heterocycles. The zero-order valence-electron chi connectivity index (χ0n) is 20.4. The summed E-state index contributed by atoms with van der Waals surface area (Å²) in [6.45, 7) is 0. The second kappa shape index (κ2) is 7.91. The summed E-state index contributed by atoms with van der Waals surface area (Å²) in [5.41, 5.74) is 6.68. The van der Waals surface area contributed by atoms with Crippen molar-refractivity contribution in [2.24, 2.45) is 0 Å². The predicted molar refractivity (Wildman–Crippen MR) is 159 cm³/mol. The van der Waals surface area contributed by atoms with Gasteiger partial charge in [0.05, 0.1) is 0 Å². The Labute approximate surface area is 216 Å². The van der Waals surface area contributed by atoms with Crippen molar-refractivity contribution >= 4 is 49.2 Å². The molecule has 0 nitrogen and oxygen atoms in total. The van der Waals surface area contributed by atoms with E-state index in [4.69, 9.17) is 0 Å². The van der Waals surface area contributed by atoms with Crippen LogP contribution < -0.4 is 0 Å². The van der Waals surface area contributed by atoms with Gasteiger partial charge in [-0.1, -0.05) is 115 Å². The minimum absolute atomic E-state index is 0.234. The van der Waals surface area contributed by atoms with Gasteiger partial charge in [0.2, 0.25) is 0 Å². The molecule has 0 N–H and O–H groups in total. The molecule has 0 spiro atoms. The highest BCUT2D eigenvalue weighted by Crippen LogP contribution is 2.44. The Morgan fingerprint density at radius 2 is 1.08 bits per heavy atom. The molecule has 172 valence electrons. The Morgan fingerprint density at radius 1 is 0.378 bits per heavy atom. The van der Waals surface area contributed by atoms with E-state index in [0.717, 1.165) is 0 Å². The van der Waals surface area contributed by atoms with E-state index in [-0.39, 0.29) is 5.92 Å². The van der Waals surface area contributed by atoms with Crippen LogP contribution in [-0.4, -0.2) is 0 Å². The summed E-state index contributed by atoms with van der Waals surface area (Å²) < 4.78 is 0. The average molecular weight is 469 g/mol. The lowest BCUT2D eigenvalue weighted by molar-refractivity contribution is 1.06. The van der Waals surface area contributed by atoms with Crippen LogP contribution in [0.2, 0.25) is 0 Å². The summed E-state index contributed by atoms with van der Waals surface area (Å²) in [5.74, 6) is 0.234. The van der Waals surface area contributed by atoms with Gasteiger partial charge in [-0.25, -0.2) is 0 Å². The highest BCUT2D eigenvalue weighted by molar-refractivity contribution is 6.13. The number of hydrogen-bond acceptors (Lipinski definition) is 0. The SMILES string of the molecule is C1=CC(c2cc3cc4ccccc4cc3cc2-c2cccc3c2ccc2ccccc23)c2ccccc21. The molecule has 0 heteroatoms. The van der Waals surface area contributed by atoms with Crippen LogP contribution in [-0.2, 0) is 0 Å². The van der Waals surface area contributed by atoms with Crippen LogP contribution in [0.25, 0.3) is 60.3 Å². The van der Waals surface area contributed by atoms with Gasteiger partial charge in [0.15, 0.2) is 0 Å². The molecule has 37 heavy (non-hydrogen) atoms. The van der Waals surface area contributed by atoms with Crippen molar-refractivity contribution in [3.8, 4) is 11.1 Å². The minimum atomic E-state index is 0.234. The van der Waals surface area contributed by atoms with Gasteiger partial charge in [0.25, 0.3) is 0 Å². The lowest BCUT2D eigenvalue weighted by atomic mass is 9.83. The summed E-state index contributed by atoms with van der Waals surface area (Å²) in [6, 6.07) is 47.1.